The summed E-state index contributed by atoms with van der Waals surface area (Å²) in [5.74, 6) is 0. The van der Waals surface area contributed by atoms with Crippen LogP contribution in [0.15, 0.2) is 23.4 Å². The van der Waals surface area contributed by atoms with Crippen LogP contribution >= 0.6 is 11.8 Å². The lowest BCUT2D eigenvalue weighted by Gasteiger charge is -2.15. The topological polar surface area (TPSA) is 24.9 Å². The van der Waals surface area contributed by atoms with Crippen LogP contribution < -0.4 is 5.32 Å². The van der Waals surface area contributed by atoms with Crippen LogP contribution in [-0.4, -0.2) is 16.8 Å². The zero-order chi connectivity index (χ0) is 10.7. The van der Waals surface area contributed by atoms with E-state index in [0.717, 1.165) is 6.54 Å². The quantitative estimate of drug-likeness (QED) is 0.796. The molecule has 1 saturated heterocycles. The highest BCUT2D eigenvalue weighted by molar-refractivity contribution is 7.99. The van der Waals surface area contributed by atoms with Crippen molar-refractivity contribution in [3.63, 3.8) is 0 Å². The normalized spacial score (nSPS) is 21.1. The van der Waals surface area contributed by atoms with Crippen molar-refractivity contribution in [2.24, 2.45) is 0 Å². The van der Waals surface area contributed by atoms with Crippen molar-refractivity contribution in [1.29, 1.82) is 0 Å². The summed E-state index contributed by atoms with van der Waals surface area (Å²) < 4.78 is 0. The van der Waals surface area contributed by atoms with Gasteiger partial charge in [-0.25, -0.2) is 4.98 Å². The molecule has 0 spiro atoms. The van der Waals surface area contributed by atoms with Gasteiger partial charge in [0.2, 0.25) is 0 Å². The average molecular weight is 222 g/mol. The second-order valence-corrected chi connectivity index (χ2v) is 5.78. The second kappa shape index (κ2) is 4.99. The van der Waals surface area contributed by atoms with Crippen LogP contribution in [-0.2, 0) is 0 Å². The molecule has 0 bridgehead atoms. The molecule has 82 valence electrons. The smallest absolute Gasteiger partial charge is 0.101 e. The molecule has 1 aliphatic heterocycles. The number of hydrogen-bond donors (Lipinski definition) is 1. The highest BCUT2D eigenvalue weighted by Gasteiger charge is 2.20. The van der Waals surface area contributed by atoms with Crippen LogP contribution in [0.1, 0.15) is 38.3 Å². The number of rotatable bonds is 3. The van der Waals surface area contributed by atoms with Gasteiger partial charge in [-0.1, -0.05) is 19.9 Å². The molecule has 0 saturated carbocycles. The SMILES string of the molecule is CC(C)Sc1ncccc1[C@H]1CCCN1. The van der Waals surface area contributed by atoms with Crippen LogP contribution in [0.25, 0.3) is 0 Å². The van der Waals surface area contributed by atoms with Gasteiger partial charge in [0.05, 0.1) is 0 Å². The van der Waals surface area contributed by atoms with Crippen molar-refractivity contribution >= 4 is 11.8 Å². The Labute approximate surface area is 95.9 Å². The van der Waals surface area contributed by atoms with Gasteiger partial charge in [0.25, 0.3) is 0 Å². The molecule has 2 rings (SSSR count). The van der Waals surface area contributed by atoms with Gasteiger partial charge in [0.1, 0.15) is 5.03 Å². The molecule has 15 heavy (non-hydrogen) atoms. The fourth-order valence-electron chi connectivity index (χ4n) is 1.94. The molecule has 0 aromatic carbocycles. The van der Waals surface area contributed by atoms with Gasteiger partial charge in [-0.2, -0.15) is 0 Å². The van der Waals surface area contributed by atoms with Gasteiger partial charge >= 0.3 is 0 Å². The largest absolute Gasteiger partial charge is 0.310 e. The summed E-state index contributed by atoms with van der Waals surface area (Å²) in [5.41, 5.74) is 1.38. The monoisotopic (exact) mass is 222 g/mol. The number of aromatic nitrogens is 1. The van der Waals surface area contributed by atoms with E-state index in [-0.39, 0.29) is 0 Å². The molecule has 3 heteroatoms. The first-order valence-corrected chi connectivity index (χ1v) is 6.50. The Hall–Kier alpha value is -0.540. The second-order valence-electron chi connectivity index (χ2n) is 4.21. The van der Waals surface area contributed by atoms with Crippen LogP contribution in [0, 0.1) is 0 Å². The Balaban J connectivity index is 2.20. The van der Waals surface area contributed by atoms with Gasteiger partial charge in [-0.3, -0.25) is 0 Å². The molecule has 0 radical (unpaired) electrons. The number of pyridine rings is 1. The van der Waals surface area contributed by atoms with Crippen molar-refractivity contribution in [1.82, 2.24) is 10.3 Å². The van der Waals surface area contributed by atoms with E-state index in [1.165, 1.54) is 23.4 Å². The molecular weight excluding hydrogens is 204 g/mol. The Bertz CT molecular complexity index is 319. The molecule has 1 fully saturated rings. The maximum atomic E-state index is 4.49. The summed E-state index contributed by atoms with van der Waals surface area (Å²) in [4.78, 5) is 4.49. The fourth-order valence-corrected chi connectivity index (χ4v) is 2.85. The molecule has 0 amide bonds. The summed E-state index contributed by atoms with van der Waals surface area (Å²) in [6, 6.07) is 4.78. The third-order valence-corrected chi connectivity index (χ3v) is 3.62. The predicted molar refractivity (Wildman–Crippen MR) is 65.2 cm³/mol. The summed E-state index contributed by atoms with van der Waals surface area (Å²) >= 11 is 1.86. The minimum Gasteiger partial charge on any atom is -0.310 e. The molecule has 1 N–H and O–H groups in total. The van der Waals surface area contributed by atoms with E-state index in [9.17, 15) is 0 Å². The Morgan fingerprint density at radius 1 is 1.53 bits per heavy atom. The third-order valence-electron chi connectivity index (χ3n) is 2.58. The third kappa shape index (κ3) is 2.73. The van der Waals surface area contributed by atoms with Gasteiger partial charge in [-0.05, 0) is 25.5 Å². The maximum Gasteiger partial charge on any atom is 0.101 e. The minimum atomic E-state index is 0.528. The van der Waals surface area contributed by atoms with Crippen molar-refractivity contribution in [3.05, 3.63) is 23.9 Å². The molecule has 2 nitrogen and oxygen atoms in total. The molecule has 1 aromatic heterocycles. The van der Waals surface area contributed by atoms with E-state index in [0.29, 0.717) is 11.3 Å². The number of hydrogen-bond acceptors (Lipinski definition) is 3. The molecule has 1 aromatic rings. The first-order valence-electron chi connectivity index (χ1n) is 5.62. The molecule has 1 aliphatic rings. The molecule has 0 unspecified atom stereocenters. The van der Waals surface area contributed by atoms with Crippen LogP contribution in [0.4, 0.5) is 0 Å². The predicted octanol–water partition coefficient (Wildman–Crippen LogP) is 3.01. The lowest BCUT2D eigenvalue weighted by Crippen LogP contribution is -2.14. The van der Waals surface area contributed by atoms with Crippen LogP contribution in [0.2, 0.25) is 0 Å². The summed E-state index contributed by atoms with van der Waals surface area (Å²) in [5, 5.41) is 5.33. The highest BCUT2D eigenvalue weighted by Crippen LogP contribution is 2.31. The highest BCUT2D eigenvalue weighted by atomic mass is 32.2. The summed E-state index contributed by atoms with van der Waals surface area (Å²) in [7, 11) is 0. The van der Waals surface area contributed by atoms with Gasteiger partial charge in [0, 0.05) is 23.1 Å². The Kier molecular flexibility index (Phi) is 3.65. The Morgan fingerprint density at radius 3 is 3.07 bits per heavy atom. The number of nitrogens with one attached hydrogen (secondary N) is 1. The maximum absolute atomic E-state index is 4.49. The lowest BCUT2D eigenvalue weighted by atomic mass is 10.1. The first kappa shape index (κ1) is 11.0. The molecular formula is C12H18N2S. The van der Waals surface area contributed by atoms with Crippen molar-refractivity contribution < 1.29 is 0 Å². The van der Waals surface area contributed by atoms with Crippen LogP contribution in [0.3, 0.4) is 0 Å². The van der Waals surface area contributed by atoms with E-state index in [1.54, 1.807) is 0 Å². The van der Waals surface area contributed by atoms with E-state index in [1.807, 2.05) is 24.0 Å². The summed E-state index contributed by atoms with van der Waals surface area (Å²) in [6.45, 7) is 5.57. The Morgan fingerprint density at radius 2 is 2.40 bits per heavy atom. The van der Waals surface area contributed by atoms with Gasteiger partial charge in [0.15, 0.2) is 0 Å². The zero-order valence-corrected chi connectivity index (χ0v) is 10.2. The van der Waals surface area contributed by atoms with Gasteiger partial charge < -0.3 is 5.32 Å². The molecule has 0 aliphatic carbocycles. The van der Waals surface area contributed by atoms with Crippen molar-refractivity contribution in [2.75, 3.05) is 6.54 Å². The van der Waals surface area contributed by atoms with E-state index < -0.39 is 0 Å². The van der Waals surface area contributed by atoms with E-state index in [2.05, 4.69) is 30.2 Å². The van der Waals surface area contributed by atoms with Crippen molar-refractivity contribution in [2.45, 2.75) is 43.0 Å². The van der Waals surface area contributed by atoms with Gasteiger partial charge in [-0.15, -0.1) is 11.8 Å². The van der Waals surface area contributed by atoms with Crippen molar-refractivity contribution in [3.8, 4) is 0 Å². The standard InChI is InChI=1S/C12H18N2S/c1-9(2)15-12-10(5-3-8-14-12)11-6-4-7-13-11/h3,5,8-9,11,13H,4,6-7H2,1-2H3/t11-/m1/s1. The lowest BCUT2D eigenvalue weighted by molar-refractivity contribution is 0.629. The fraction of sp³-hybridized carbons (Fsp3) is 0.583. The minimum absolute atomic E-state index is 0.528. The number of thioether (sulfide) groups is 1. The van der Waals surface area contributed by atoms with E-state index in [4.69, 9.17) is 0 Å². The first-order chi connectivity index (χ1) is 7.27. The number of nitrogens with zero attached hydrogens (tertiary/aromatic N) is 1. The molecule has 1 atom stereocenters. The van der Waals surface area contributed by atoms with Crippen LogP contribution in [0.5, 0.6) is 0 Å². The average Bonchev–Trinajstić information content (AvgIpc) is 2.70. The zero-order valence-electron chi connectivity index (χ0n) is 9.36. The summed E-state index contributed by atoms with van der Waals surface area (Å²) in [6.07, 6.45) is 4.42. The van der Waals surface area contributed by atoms with E-state index >= 15 is 0 Å². The molecule has 2 heterocycles.